The van der Waals surface area contributed by atoms with Crippen LogP contribution in [0.15, 0.2) is 47.4 Å². The first kappa shape index (κ1) is 25.3. The molecule has 2 aliphatic heterocycles. The monoisotopic (exact) mass is 471 g/mol. The van der Waals surface area contributed by atoms with Crippen LogP contribution in [-0.2, 0) is 9.47 Å². The smallest absolute Gasteiger partial charge is 0.168 e. The maximum atomic E-state index is 6.29. The van der Waals surface area contributed by atoms with Crippen LogP contribution in [0.1, 0.15) is 90.9 Å². The SMILES string of the molecule is C/C=C/[C@@H]1C[C@H](Sc2ccccc2)[C@@]2(CCCC[C@H]2CCC2(CCCCCC)OCCO2)N1. The zero-order valence-corrected chi connectivity index (χ0v) is 21.7. The van der Waals surface area contributed by atoms with Gasteiger partial charge in [0.15, 0.2) is 5.79 Å². The normalized spacial score (nSPS) is 31.6. The van der Waals surface area contributed by atoms with Crippen LogP contribution in [0.2, 0.25) is 0 Å². The van der Waals surface area contributed by atoms with Gasteiger partial charge in [-0.3, -0.25) is 0 Å². The van der Waals surface area contributed by atoms with Crippen LogP contribution in [0.3, 0.4) is 0 Å². The average molecular weight is 472 g/mol. The summed E-state index contributed by atoms with van der Waals surface area (Å²) in [5, 5.41) is 4.79. The Hall–Kier alpha value is -0.810. The third-order valence-corrected chi connectivity index (χ3v) is 9.60. The zero-order valence-electron chi connectivity index (χ0n) is 20.9. The van der Waals surface area contributed by atoms with E-state index in [1.807, 2.05) is 0 Å². The maximum Gasteiger partial charge on any atom is 0.168 e. The van der Waals surface area contributed by atoms with Gasteiger partial charge in [-0.25, -0.2) is 0 Å². The maximum absolute atomic E-state index is 6.29. The first-order valence-corrected chi connectivity index (χ1v) is 14.5. The van der Waals surface area contributed by atoms with Crippen molar-refractivity contribution in [3.05, 3.63) is 42.5 Å². The number of ether oxygens (including phenoxy) is 2. The van der Waals surface area contributed by atoms with E-state index in [0.29, 0.717) is 17.2 Å². The molecule has 1 spiro atoms. The molecule has 184 valence electrons. The van der Waals surface area contributed by atoms with Crippen LogP contribution in [0.25, 0.3) is 0 Å². The lowest BCUT2D eigenvalue weighted by Crippen LogP contribution is -2.56. The second-order valence-electron chi connectivity index (χ2n) is 10.4. The summed E-state index contributed by atoms with van der Waals surface area (Å²) in [5.41, 5.74) is 0.213. The molecule has 0 unspecified atom stereocenters. The first-order valence-electron chi connectivity index (χ1n) is 13.6. The number of nitrogens with one attached hydrogen (secondary N) is 1. The van der Waals surface area contributed by atoms with Crippen molar-refractivity contribution >= 4 is 11.8 Å². The molecule has 3 nitrogen and oxygen atoms in total. The Bertz CT molecular complexity index is 732. The van der Waals surface area contributed by atoms with Crippen molar-refractivity contribution in [2.45, 2.75) is 118 Å². The molecule has 1 N–H and O–H groups in total. The van der Waals surface area contributed by atoms with Gasteiger partial charge in [-0.05, 0) is 57.1 Å². The van der Waals surface area contributed by atoms with Gasteiger partial charge in [0.05, 0.1) is 13.2 Å². The predicted molar refractivity (Wildman–Crippen MR) is 140 cm³/mol. The molecule has 0 aromatic heterocycles. The molecule has 4 atom stereocenters. The highest BCUT2D eigenvalue weighted by Gasteiger charge is 2.52. The Morgan fingerprint density at radius 3 is 2.64 bits per heavy atom. The topological polar surface area (TPSA) is 30.5 Å². The molecule has 1 aromatic rings. The summed E-state index contributed by atoms with van der Waals surface area (Å²) in [6.07, 6.45) is 19.6. The van der Waals surface area contributed by atoms with Gasteiger partial charge >= 0.3 is 0 Å². The molecule has 0 bridgehead atoms. The molecule has 4 rings (SSSR count). The lowest BCUT2D eigenvalue weighted by Gasteiger charge is -2.47. The van der Waals surface area contributed by atoms with E-state index < -0.39 is 0 Å². The Labute approximate surface area is 206 Å². The standard InChI is InChI=1S/C29H45NO2S/c1-3-5-6-11-18-28(31-21-22-32-28)20-17-24-14-10-12-19-29(24)27(23-25(30-29)13-4-2)33-26-15-8-7-9-16-26/h4,7-9,13,15-16,24-25,27,30H,3,5-6,10-12,14,17-23H2,1-2H3/b13-4+/t24-,25+,27-,29-/m0/s1. The second kappa shape index (κ2) is 12.2. The number of unbranched alkanes of at least 4 members (excludes halogenated alkanes) is 3. The fourth-order valence-corrected chi connectivity index (χ4v) is 8.06. The molecule has 3 aliphatic rings. The minimum Gasteiger partial charge on any atom is -0.348 e. The van der Waals surface area contributed by atoms with Crippen LogP contribution in [-0.4, -0.2) is 35.8 Å². The van der Waals surface area contributed by atoms with Gasteiger partial charge in [0.2, 0.25) is 0 Å². The molecule has 1 aromatic carbocycles. The van der Waals surface area contributed by atoms with E-state index in [0.717, 1.165) is 26.1 Å². The Kier molecular flexibility index (Phi) is 9.38. The van der Waals surface area contributed by atoms with Gasteiger partial charge in [-0.15, -0.1) is 11.8 Å². The fraction of sp³-hybridized carbons (Fsp3) is 0.724. The van der Waals surface area contributed by atoms with Crippen LogP contribution in [0, 0.1) is 5.92 Å². The van der Waals surface area contributed by atoms with Gasteiger partial charge in [-0.2, -0.15) is 0 Å². The van der Waals surface area contributed by atoms with E-state index in [-0.39, 0.29) is 11.3 Å². The van der Waals surface area contributed by atoms with Gasteiger partial charge in [-0.1, -0.05) is 69.4 Å². The minimum absolute atomic E-state index is 0.213. The molecule has 4 heteroatoms. The zero-order chi connectivity index (χ0) is 23.0. The van der Waals surface area contributed by atoms with Crippen LogP contribution < -0.4 is 5.32 Å². The van der Waals surface area contributed by atoms with Gasteiger partial charge < -0.3 is 14.8 Å². The lowest BCUT2D eigenvalue weighted by molar-refractivity contribution is -0.171. The molecule has 33 heavy (non-hydrogen) atoms. The number of benzene rings is 1. The third-order valence-electron chi connectivity index (χ3n) is 8.16. The van der Waals surface area contributed by atoms with Crippen molar-refractivity contribution in [2.24, 2.45) is 5.92 Å². The average Bonchev–Trinajstić information content (AvgIpc) is 3.43. The largest absolute Gasteiger partial charge is 0.348 e. The van der Waals surface area contributed by atoms with Crippen LogP contribution >= 0.6 is 11.8 Å². The first-order chi connectivity index (χ1) is 16.2. The van der Waals surface area contributed by atoms with Gasteiger partial charge in [0.1, 0.15) is 0 Å². The number of hydrogen-bond donors (Lipinski definition) is 1. The Balaban J connectivity index is 1.48. The van der Waals surface area contributed by atoms with Crippen molar-refractivity contribution in [1.29, 1.82) is 0 Å². The molecule has 0 amide bonds. The Morgan fingerprint density at radius 2 is 1.88 bits per heavy atom. The van der Waals surface area contributed by atoms with E-state index in [9.17, 15) is 0 Å². The summed E-state index contributed by atoms with van der Waals surface area (Å²) in [4.78, 5) is 1.41. The second-order valence-corrected chi connectivity index (χ2v) is 11.6. The van der Waals surface area contributed by atoms with E-state index in [4.69, 9.17) is 9.47 Å². The summed E-state index contributed by atoms with van der Waals surface area (Å²) < 4.78 is 12.6. The molecular weight excluding hydrogens is 426 g/mol. The highest BCUT2D eigenvalue weighted by atomic mass is 32.2. The summed E-state index contributed by atoms with van der Waals surface area (Å²) in [7, 11) is 0. The van der Waals surface area contributed by atoms with Gasteiger partial charge in [0, 0.05) is 34.6 Å². The quantitative estimate of drug-likeness (QED) is 0.267. The highest BCUT2D eigenvalue weighted by Crippen LogP contribution is 2.50. The van der Waals surface area contributed by atoms with Crippen molar-refractivity contribution in [3.8, 4) is 0 Å². The summed E-state index contributed by atoms with van der Waals surface area (Å²) in [6.45, 7) is 5.96. The summed E-state index contributed by atoms with van der Waals surface area (Å²) in [5.74, 6) is 0.360. The molecule has 2 saturated heterocycles. The summed E-state index contributed by atoms with van der Waals surface area (Å²) >= 11 is 2.11. The molecule has 1 saturated carbocycles. The van der Waals surface area contributed by atoms with E-state index in [2.05, 4.69) is 73.4 Å². The van der Waals surface area contributed by atoms with Gasteiger partial charge in [0.25, 0.3) is 0 Å². The molecule has 1 aliphatic carbocycles. The van der Waals surface area contributed by atoms with E-state index in [1.54, 1.807) is 0 Å². The number of allylic oxidation sites excluding steroid dienone is 1. The molecule has 2 heterocycles. The highest BCUT2D eigenvalue weighted by molar-refractivity contribution is 8.00. The van der Waals surface area contributed by atoms with Crippen LogP contribution in [0.5, 0.6) is 0 Å². The molecule has 0 radical (unpaired) electrons. The molecule has 3 fully saturated rings. The van der Waals surface area contributed by atoms with E-state index in [1.165, 1.54) is 69.1 Å². The number of hydrogen-bond acceptors (Lipinski definition) is 4. The minimum atomic E-state index is -0.324. The van der Waals surface area contributed by atoms with Crippen LogP contribution in [0.4, 0.5) is 0 Å². The van der Waals surface area contributed by atoms with Crippen molar-refractivity contribution in [3.63, 3.8) is 0 Å². The number of rotatable bonds is 11. The lowest BCUT2D eigenvalue weighted by atomic mass is 9.69. The van der Waals surface area contributed by atoms with Crippen molar-refractivity contribution in [2.75, 3.05) is 13.2 Å². The third kappa shape index (κ3) is 6.25. The van der Waals surface area contributed by atoms with Crippen molar-refractivity contribution in [1.82, 2.24) is 5.32 Å². The number of thioether (sulfide) groups is 1. The predicted octanol–water partition coefficient (Wildman–Crippen LogP) is 7.51. The van der Waals surface area contributed by atoms with E-state index >= 15 is 0 Å². The molecular formula is C29H45NO2S. The fourth-order valence-electron chi connectivity index (χ4n) is 6.53. The summed E-state index contributed by atoms with van der Waals surface area (Å²) in [6, 6.07) is 11.5. The Morgan fingerprint density at radius 1 is 1.06 bits per heavy atom. The van der Waals surface area contributed by atoms with Crippen molar-refractivity contribution < 1.29 is 9.47 Å².